The molecule has 0 radical (unpaired) electrons. The highest BCUT2D eigenvalue weighted by atomic mass is 32.1. The van der Waals surface area contributed by atoms with Gasteiger partial charge in [-0.05, 0) is 53.4 Å². The summed E-state index contributed by atoms with van der Waals surface area (Å²) in [6.45, 7) is 12.4. The molecule has 4 N–H and O–H groups in total. The molecule has 0 saturated carbocycles. The first-order valence-corrected chi connectivity index (χ1v) is 20.5. The molecule has 2 aromatic heterocycles. The van der Waals surface area contributed by atoms with Gasteiger partial charge in [-0.2, -0.15) is 0 Å². The Morgan fingerprint density at radius 3 is 2.09 bits per heavy atom. The third-order valence-electron chi connectivity index (χ3n) is 10.2. The third kappa shape index (κ3) is 11.9. The minimum Gasteiger partial charge on any atom is -0.453 e. The molecule has 0 spiro atoms. The lowest BCUT2D eigenvalue weighted by Crippen LogP contribution is -2.59. The van der Waals surface area contributed by atoms with E-state index < -0.39 is 53.1 Å². The molecule has 13 nitrogen and oxygen atoms in total. The van der Waals surface area contributed by atoms with Crippen LogP contribution in [0.2, 0.25) is 0 Å². The number of nitrogens with one attached hydrogen (secondary N) is 3. The number of methoxy groups -OCH3 is 1. The summed E-state index contributed by atoms with van der Waals surface area (Å²) in [5, 5.41) is 23.7. The SMILES string of the molecule is COC(=O)N[C@H](C(=O)N[C@@H](Cc1ccccc1)[C@@H](O)C[C@H](Cc1ccccc1)NC(=O)[C@@H](N1CCN(Cc2csc(-c3cccnc3)n2)C1=O)C(C)(C)C)C(C)(C)C. The summed E-state index contributed by atoms with van der Waals surface area (Å²) in [7, 11) is 1.23. The van der Waals surface area contributed by atoms with Crippen molar-refractivity contribution in [2.45, 2.75) is 97.6 Å². The molecule has 5 amide bonds. The lowest BCUT2D eigenvalue weighted by Gasteiger charge is -2.38. The molecule has 310 valence electrons. The predicted molar refractivity (Wildman–Crippen MR) is 225 cm³/mol. The molecule has 1 fully saturated rings. The molecule has 1 aliphatic heterocycles. The number of aliphatic hydroxyl groups is 1. The number of aromatic nitrogens is 2. The van der Waals surface area contributed by atoms with Crippen LogP contribution in [0.5, 0.6) is 0 Å². The molecule has 4 aromatic rings. The number of alkyl carbamates (subject to hydrolysis) is 1. The van der Waals surface area contributed by atoms with E-state index in [2.05, 4.69) is 20.9 Å². The Balaban J connectivity index is 1.36. The number of pyridine rings is 1. The van der Waals surface area contributed by atoms with Crippen molar-refractivity contribution in [3.05, 3.63) is 107 Å². The number of ether oxygens (including phenoxy) is 1. The molecule has 58 heavy (non-hydrogen) atoms. The Hall–Kier alpha value is -5.34. The van der Waals surface area contributed by atoms with Gasteiger partial charge in [0.2, 0.25) is 11.8 Å². The van der Waals surface area contributed by atoms with Gasteiger partial charge in [-0.25, -0.2) is 14.6 Å². The average Bonchev–Trinajstić information content (AvgIpc) is 3.79. The Labute approximate surface area is 345 Å². The summed E-state index contributed by atoms with van der Waals surface area (Å²) in [5.74, 6) is -0.806. The zero-order valence-electron chi connectivity index (χ0n) is 34.5. The first-order chi connectivity index (χ1) is 27.5. The van der Waals surface area contributed by atoms with Gasteiger partial charge in [-0.1, -0.05) is 102 Å². The fraction of sp³-hybridized carbons (Fsp3) is 0.455. The molecule has 3 heterocycles. The minimum absolute atomic E-state index is 0.0864. The quantitative estimate of drug-likeness (QED) is 0.110. The van der Waals surface area contributed by atoms with Crippen LogP contribution in [0.3, 0.4) is 0 Å². The summed E-state index contributed by atoms with van der Waals surface area (Å²) < 4.78 is 4.80. The van der Waals surface area contributed by atoms with Gasteiger partial charge in [0.25, 0.3) is 0 Å². The highest BCUT2D eigenvalue weighted by molar-refractivity contribution is 7.13. The number of carbonyl (C=O) groups is 4. The van der Waals surface area contributed by atoms with E-state index in [1.165, 1.54) is 18.4 Å². The van der Waals surface area contributed by atoms with Crippen molar-refractivity contribution in [3.8, 4) is 10.6 Å². The number of benzene rings is 2. The van der Waals surface area contributed by atoms with Crippen molar-refractivity contribution >= 4 is 35.3 Å². The number of nitrogens with zero attached hydrogens (tertiary/aromatic N) is 4. The van der Waals surface area contributed by atoms with E-state index in [0.717, 1.165) is 27.4 Å². The van der Waals surface area contributed by atoms with Crippen molar-refractivity contribution in [1.82, 2.24) is 35.7 Å². The number of thiazole rings is 1. The van der Waals surface area contributed by atoms with Crippen LogP contribution >= 0.6 is 11.3 Å². The zero-order chi connectivity index (χ0) is 42.0. The number of hydrogen-bond acceptors (Lipinski definition) is 9. The van der Waals surface area contributed by atoms with Gasteiger partial charge in [0.1, 0.15) is 17.1 Å². The van der Waals surface area contributed by atoms with E-state index in [9.17, 15) is 24.3 Å². The van der Waals surface area contributed by atoms with Gasteiger partial charge >= 0.3 is 12.1 Å². The van der Waals surface area contributed by atoms with E-state index in [0.29, 0.717) is 32.5 Å². The number of carbonyl (C=O) groups excluding carboxylic acids is 4. The lowest BCUT2D eigenvalue weighted by molar-refractivity contribution is -0.130. The van der Waals surface area contributed by atoms with E-state index in [1.807, 2.05) is 120 Å². The van der Waals surface area contributed by atoms with Crippen LogP contribution in [-0.4, -0.2) is 99.3 Å². The minimum atomic E-state index is -1.12. The second-order valence-corrected chi connectivity index (χ2v) is 17.8. The molecule has 0 bridgehead atoms. The fourth-order valence-corrected chi connectivity index (χ4v) is 8.09. The van der Waals surface area contributed by atoms with Crippen LogP contribution in [0.25, 0.3) is 10.6 Å². The van der Waals surface area contributed by atoms with Crippen molar-refractivity contribution in [2.24, 2.45) is 10.8 Å². The highest BCUT2D eigenvalue weighted by Gasteiger charge is 2.44. The molecule has 5 rings (SSSR count). The van der Waals surface area contributed by atoms with Crippen LogP contribution < -0.4 is 16.0 Å². The summed E-state index contributed by atoms with van der Waals surface area (Å²) in [6, 6.07) is 19.6. The standard InChI is InChI=1S/C44H57N7O6S/c1-43(2,3)36(49-41(55)57-7)38(53)48-34(24-30-17-12-9-13-18-30)35(52)25-32(23-29-15-10-8-11-16-29)46-39(54)37(44(4,5)6)51-22-21-50(42(51)56)27-33-28-58-40(47-33)31-19-14-20-45-26-31/h8-20,26,28,32,34-37,52H,21-25,27H2,1-7H3,(H,46,54)(H,48,53)(H,49,55)/t32-,34-,35-,36+,37+/m0/s1. The van der Waals surface area contributed by atoms with Crippen LogP contribution in [0.15, 0.2) is 90.6 Å². The molecule has 0 unspecified atom stereocenters. The predicted octanol–water partition coefficient (Wildman–Crippen LogP) is 5.83. The van der Waals surface area contributed by atoms with Gasteiger partial charge in [-0.15, -0.1) is 11.3 Å². The summed E-state index contributed by atoms with van der Waals surface area (Å²) in [5.41, 5.74) is 2.18. The maximum absolute atomic E-state index is 14.6. The van der Waals surface area contributed by atoms with Crippen LogP contribution in [-0.2, 0) is 33.7 Å². The summed E-state index contributed by atoms with van der Waals surface area (Å²) in [4.78, 5) is 67.0. The number of amides is 5. The van der Waals surface area contributed by atoms with E-state index >= 15 is 0 Å². The van der Waals surface area contributed by atoms with E-state index in [4.69, 9.17) is 9.72 Å². The Morgan fingerprint density at radius 2 is 1.50 bits per heavy atom. The van der Waals surface area contributed by atoms with Crippen LogP contribution in [0, 0.1) is 10.8 Å². The molecule has 14 heteroatoms. The van der Waals surface area contributed by atoms with Gasteiger partial charge in [0, 0.05) is 42.5 Å². The molecule has 2 aromatic carbocycles. The van der Waals surface area contributed by atoms with Crippen molar-refractivity contribution in [3.63, 3.8) is 0 Å². The molecule has 0 aliphatic carbocycles. The Bertz CT molecular complexity index is 1970. The summed E-state index contributed by atoms with van der Waals surface area (Å²) in [6.07, 6.45) is 2.38. The molecule has 1 aliphatic rings. The Kier molecular flexibility index (Phi) is 14.6. The average molecular weight is 812 g/mol. The lowest BCUT2D eigenvalue weighted by atomic mass is 9.84. The van der Waals surface area contributed by atoms with Crippen LogP contribution in [0.1, 0.15) is 64.8 Å². The van der Waals surface area contributed by atoms with Gasteiger partial charge in [0.15, 0.2) is 0 Å². The molecule has 1 saturated heterocycles. The topological polar surface area (TPSA) is 166 Å². The number of aliphatic hydroxyl groups excluding tert-OH is 1. The first kappa shape index (κ1) is 43.8. The van der Waals surface area contributed by atoms with E-state index in [-0.39, 0.29) is 18.4 Å². The second-order valence-electron chi connectivity index (χ2n) is 17.0. The maximum atomic E-state index is 14.6. The fourth-order valence-electron chi connectivity index (χ4n) is 7.28. The number of rotatable bonds is 16. The van der Waals surface area contributed by atoms with Gasteiger partial charge in [0.05, 0.1) is 31.5 Å². The number of hydrogen-bond donors (Lipinski definition) is 4. The number of urea groups is 1. The third-order valence-corrected chi connectivity index (χ3v) is 11.1. The molecule has 5 atom stereocenters. The maximum Gasteiger partial charge on any atom is 0.407 e. The zero-order valence-corrected chi connectivity index (χ0v) is 35.3. The monoisotopic (exact) mass is 811 g/mol. The second kappa shape index (κ2) is 19.4. The first-order valence-electron chi connectivity index (χ1n) is 19.6. The van der Waals surface area contributed by atoms with Crippen molar-refractivity contribution in [2.75, 3.05) is 20.2 Å². The van der Waals surface area contributed by atoms with Gasteiger partial charge in [-0.3, -0.25) is 14.6 Å². The molecular formula is C44H57N7O6S. The molecular weight excluding hydrogens is 755 g/mol. The smallest absolute Gasteiger partial charge is 0.407 e. The normalized spacial score (nSPS) is 15.9. The van der Waals surface area contributed by atoms with Crippen molar-refractivity contribution < 1.29 is 29.0 Å². The Morgan fingerprint density at radius 1 is 0.845 bits per heavy atom. The summed E-state index contributed by atoms with van der Waals surface area (Å²) >= 11 is 1.49. The largest absolute Gasteiger partial charge is 0.453 e. The van der Waals surface area contributed by atoms with Crippen LogP contribution in [0.4, 0.5) is 9.59 Å². The van der Waals surface area contributed by atoms with Crippen molar-refractivity contribution in [1.29, 1.82) is 0 Å². The van der Waals surface area contributed by atoms with E-state index in [1.54, 1.807) is 22.2 Å². The van der Waals surface area contributed by atoms with Gasteiger partial charge < -0.3 is 35.6 Å². The highest BCUT2D eigenvalue weighted by Crippen LogP contribution is 2.30.